The number of nitrogens with zero attached hydrogens (tertiary/aromatic N) is 3. The van der Waals surface area contributed by atoms with E-state index < -0.39 is 0 Å². The molecule has 0 spiro atoms. The Bertz CT molecular complexity index is 1210. The lowest BCUT2D eigenvalue weighted by molar-refractivity contribution is -0.138. The number of nitrogens with one attached hydrogen (secondary N) is 1. The molecule has 1 atom stereocenters. The van der Waals surface area contributed by atoms with Crippen LogP contribution in [0.3, 0.4) is 0 Å². The van der Waals surface area contributed by atoms with Gasteiger partial charge in [-0.25, -0.2) is 0 Å². The Morgan fingerprint density at radius 1 is 0.750 bits per heavy atom. The molecule has 3 aromatic carbocycles. The van der Waals surface area contributed by atoms with Crippen LogP contribution in [0.5, 0.6) is 0 Å². The van der Waals surface area contributed by atoms with Crippen LogP contribution >= 0.6 is 0 Å². The van der Waals surface area contributed by atoms with Gasteiger partial charge in [0.1, 0.15) is 0 Å². The number of rotatable bonds is 3. The lowest BCUT2D eigenvalue weighted by atomic mass is 9.92. The van der Waals surface area contributed by atoms with Crippen molar-refractivity contribution in [2.75, 3.05) is 52.4 Å². The monoisotopic (exact) mass is 484 g/mol. The molecule has 0 radical (unpaired) electrons. The van der Waals surface area contributed by atoms with Gasteiger partial charge in [-0.15, -0.1) is 0 Å². The Hall–Kier alpha value is -2.96. The number of likely N-dealkylation sites (tertiary alicyclic amines) is 2. The van der Waals surface area contributed by atoms with E-state index in [1.807, 2.05) is 24.3 Å². The highest BCUT2D eigenvalue weighted by molar-refractivity contribution is 6.18. The highest BCUT2D eigenvalue weighted by Crippen LogP contribution is 2.31. The summed E-state index contributed by atoms with van der Waals surface area (Å²) in [6, 6.07) is 19.1. The number of carbonyl (C=O) groups is 2. The van der Waals surface area contributed by atoms with E-state index in [1.54, 1.807) is 0 Å². The van der Waals surface area contributed by atoms with E-state index in [2.05, 4.69) is 50.3 Å². The van der Waals surface area contributed by atoms with Crippen molar-refractivity contribution in [2.24, 2.45) is 5.92 Å². The van der Waals surface area contributed by atoms with E-state index in [0.717, 1.165) is 105 Å². The second-order valence-corrected chi connectivity index (χ2v) is 10.6. The van der Waals surface area contributed by atoms with Gasteiger partial charge >= 0.3 is 0 Å². The first-order valence-electron chi connectivity index (χ1n) is 13.6. The summed E-state index contributed by atoms with van der Waals surface area (Å²) in [5.41, 5.74) is 0.835. The fraction of sp³-hybridized carbons (Fsp3) is 0.467. The molecule has 0 saturated carbocycles. The van der Waals surface area contributed by atoms with Gasteiger partial charge in [-0.3, -0.25) is 14.5 Å². The molecule has 3 aromatic rings. The first-order valence-corrected chi connectivity index (χ1v) is 13.6. The van der Waals surface area contributed by atoms with Crippen LogP contribution in [0, 0.1) is 5.92 Å². The fourth-order valence-electron chi connectivity index (χ4n) is 6.52. The molecule has 6 rings (SSSR count). The lowest BCUT2D eigenvalue weighted by Gasteiger charge is -2.43. The van der Waals surface area contributed by atoms with E-state index in [-0.39, 0.29) is 11.8 Å². The number of hydrogen-bond donors (Lipinski definition) is 1. The molecule has 3 saturated heterocycles. The van der Waals surface area contributed by atoms with Crippen molar-refractivity contribution >= 4 is 33.4 Å². The highest BCUT2D eigenvalue weighted by Gasteiger charge is 2.35. The molecule has 3 fully saturated rings. The van der Waals surface area contributed by atoms with Crippen molar-refractivity contribution in [1.82, 2.24) is 20.0 Å². The second-order valence-electron chi connectivity index (χ2n) is 10.6. The molecule has 6 nitrogen and oxygen atoms in total. The van der Waals surface area contributed by atoms with E-state index in [1.165, 1.54) is 0 Å². The van der Waals surface area contributed by atoms with Crippen molar-refractivity contribution < 1.29 is 9.59 Å². The van der Waals surface area contributed by atoms with Gasteiger partial charge in [-0.05, 0) is 59.8 Å². The average molecular weight is 485 g/mol. The van der Waals surface area contributed by atoms with Gasteiger partial charge in [0.25, 0.3) is 5.91 Å². The number of fused-ring (bicyclic) bond motifs is 2. The summed E-state index contributed by atoms with van der Waals surface area (Å²) in [5, 5.41) is 7.64. The summed E-state index contributed by atoms with van der Waals surface area (Å²) in [4.78, 5) is 33.7. The van der Waals surface area contributed by atoms with Crippen LogP contribution in [-0.2, 0) is 4.79 Å². The predicted octanol–water partition coefficient (Wildman–Crippen LogP) is 3.74. The largest absolute Gasteiger partial charge is 0.340 e. The Balaban J connectivity index is 1.15. The second kappa shape index (κ2) is 10.2. The first-order chi connectivity index (χ1) is 17.7. The van der Waals surface area contributed by atoms with Crippen molar-refractivity contribution in [3.63, 3.8) is 0 Å². The zero-order chi connectivity index (χ0) is 24.5. The maximum Gasteiger partial charge on any atom is 0.255 e. The Morgan fingerprint density at radius 3 is 2.06 bits per heavy atom. The zero-order valence-electron chi connectivity index (χ0n) is 21.0. The summed E-state index contributed by atoms with van der Waals surface area (Å²) < 4.78 is 0. The third-order valence-corrected chi connectivity index (χ3v) is 8.48. The number of benzene rings is 3. The van der Waals surface area contributed by atoms with Crippen LogP contribution in [0.4, 0.5) is 0 Å². The molecule has 188 valence electrons. The molecule has 2 amide bonds. The Labute approximate surface area is 213 Å². The molecule has 3 aliphatic rings. The van der Waals surface area contributed by atoms with Crippen LogP contribution in [0.15, 0.2) is 54.6 Å². The highest BCUT2D eigenvalue weighted by atomic mass is 16.2. The van der Waals surface area contributed by atoms with E-state index >= 15 is 0 Å². The number of piperidine rings is 2. The van der Waals surface area contributed by atoms with Gasteiger partial charge in [-0.2, -0.15) is 0 Å². The maximum absolute atomic E-state index is 13.9. The molecular formula is C30H36N4O2. The predicted molar refractivity (Wildman–Crippen MR) is 144 cm³/mol. The minimum absolute atomic E-state index is 0.124. The molecule has 1 N–H and O–H groups in total. The molecule has 36 heavy (non-hydrogen) atoms. The minimum atomic E-state index is 0.124. The van der Waals surface area contributed by atoms with Crippen LogP contribution in [-0.4, -0.2) is 84.9 Å². The van der Waals surface area contributed by atoms with Gasteiger partial charge in [0.2, 0.25) is 5.91 Å². The SMILES string of the molecule is O=C(c1c2ccccc2cc2ccccc12)N1CCC(N2CCC[C@@H](C(=O)N3CCNCC3)C2)CC1. The third-order valence-electron chi connectivity index (χ3n) is 8.48. The number of piperazine rings is 1. The topological polar surface area (TPSA) is 55.9 Å². The molecule has 3 aliphatic heterocycles. The van der Waals surface area contributed by atoms with E-state index in [0.29, 0.717) is 11.9 Å². The van der Waals surface area contributed by atoms with Crippen LogP contribution < -0.4 is 5.32 Å². The average Bonchev–Trinajstić information content (AvgIpc) is 2.96. The van der Waals surface area contributed by atoms with Gasteiger partial charge in [0.15, 0.2) is 0 Å². The summed E-state index contributed by atoms with van der Waals surface area (Å²) in [6.07, 6.45) is 4.04. The van der Waals surface area contributed by atoms with Crippen LogP contribution in [0.25, 0.3) is 21.5 Å². The summed E-state index contributed by atoms with van der Waals surface area (Å²) in [6.45, 7) is 6.95. The maximum atomic E-state index is 13.9. The number of hydrogen-bond acceptors (Lipinski definition) is 4. The van der Waals surface area contributed by atoms with Crippen molar-refractivity contribution in [2.45, 2.75) is 31.7 Å². The summed E-state index contributed by atoms with van der Waals surface area (Å²) >= 11 is 0. The normalized spacial score (nSPS) is 22.3. The molecule has 0 aliphatic carbocycles. The van der Waals surface area contributed by atoms with Gasteiger partial charge in [0, 0.05) is 51.9 Å². The van der Waals surface area contributed by atoms with Gasteiger partial charge in [-0.1, -0.05) is 48.5 Å². The third kappa shape index (κ3) is 4.48. The summed E-state index contributed by atoms with van der Waals surface area (Å²) in [7, 11) is 0. The number of carbonyl (C=O) groups excluding carboxylic acids is 2. The zero-order valence-corrected chi connectivity index (χ0v) is 21.0. The van der Waals surface area contributed by atoms with Crippen LogP contribution in [0.1, 0.15) is 36.0 Å². The quantitative estimate of drug-likeness (QED) is 0.576. The molecular weight excluding hydrogens is 448 g/mol. The first kappa shape index (κ1) is 23.4. The molecule has 0 unspecified atom stereocenters. The van der Waals surface area contributed by atoms with Gasteiger partial charge < -0.3 is 15.1 Å². The van der Waals surface area contributed by atoms with Crippen molar-refractivity contribution in [3.8, 4) is 0 Å². The van der Waals surface area contributed by atoms with Crippen LogP contribution in [0.2, 0.25) is 0 Å². The fourth-order valence-corrected chi connectivity index (χ4v) is 6.52. The molecule has 3 heterocycles. The standard InChI is InChI=1S/C30H36N4O2/c35-29(33-18-13-31-14-19-33)24-8-5-15-34(21-24)25-11-16-32(17-12-25)30(36)28-26-9-3-1-6-22(26)20-23-7-2-4-10-27(23)28/h1-4,6-7,9-10,20,24-25,31H,5,8,11-19,21H2/t24-/m1/s1. The van der Waals surface area contributed by atoms with Crippen molar-refractivity contribution in [3.05, 3.63) is 60.2 Å². The molecule has 6 heteroatoms. The van der Waals surface area contributed by atoms with Gasteiger partial charge in [0.05, 0.1) is 11.5 Å². The summed E-state index contributed by atoms with van der Waals surface area (Å²) in [5.74, 6) is 0.613. The molecule has 0 bridgehead atoms. The minimum Gasteiger partial charge on any atom is -0.340 e. The number of amides is 2. The van der Waals surface area contributed by atoms with Crippen molar-refractivity contribution in [1.29, 1.82) is 0 Å². The smallest absolute Gasteiger partial charge is 0.255 e. The van der Waals surface area contributed by atoms with E-state index in [9.17, 15) is 9.59 Å². The Kier molecular flexibility index (Phi) is 6.63. The van der Waals surface area contributed by atoms with E-state index in [4.69, 9.17) is 0 Å². The Morgan fingerprint density at radius 2 is 1.39 bits per heavy atom. The lowest BCUT2D eigenvalue weighted by Crippen LogP contribution is -2.54. The molecule has 0 aromatic heterocycles.